The highest BCUT2D eigenvalue weighted by Gasteiger charge is 2.19. The molecule has 14 rings (SSSR count). The van der Waals surface area contributed by atoms with Gasteiger partial charge in [0.2, 0.25) is 0 Å². The summed E-state index contributed by atoms with van der Waals surface area (Å²) in [5.74, 6) is 2.56. The van der Waals surface area contributed by atoms with Gasteiger partial charge in [0.05, 0.1) is 0 Å². The fraction of sp³-hybridized carbons (Fsp3) is 0. The number of nitrogens with zero attached hydrogens (tertiary/aromatic N) is 3. The van der Waals surface area contributed by atoms with Crippen molar-refractivity contribution >= 4 is 75.6 Å². The summed E-state index contributed by atoms with van der Waals surface area (Å²) in [6.07, 6.45) is 0. The zero-order chi connectivity index (χ0) is 44.0. The van der Waals surface area contributed by atoms with Crippen molar-refractivity contribution in [1.82, 2.24) is 15.0 Å². The molecule has 0 atom stereocenters. The standard InChI is InChI=1S/C63H37N3O/c1-2-12-42(13-3-1)61-64-62(66-63(65-61)53-21-6-5-20-49(53)56-37-46-14-4-7-25-55(46)67-56)43-31-26-38(27-32-43)44-18-8-19-45(34-44)48-35-47-33-30-41-16-10-23-51-50-22-9-15-39-28-29-40-17-11-24-52(59(40)57(39)50)54(36-48)60(47)58(41)51/h1-37H. The zero-order valence-corrected chi connectivity index (χ0v) is 36.1. The monoisotopic (exact) mass is 851 g/mol. The van der Waals surface area contributed by atoms with E-state index in [1.54, 1.807) is 0 Å². The number of hydrogen-bond acceptors (Lipinski definition) is 4. The number of furan rings is 1. The quantitative estimate of drug-likeness (QED) is 0.156. The van der Waals surface area contributed by atoms with E-state index in [9.17, 15) is 0 Å². The van der Waals surface area contributed by atoms with Gasteiger partial charge in [0, 0.05) is 27.6 Å². The van der Waals surface area contributed by atoms with Crippen LogP contribution in [0.3, 0.4) is 0 Å². The summed E-state index contributed by atoms with van der Waals surface area (Å²) in [4.78, 5) is 15.3. The highest BCUT2D eigenvalue weighted by Crippen LogP contribution is 2.45. The zero-order valence-electron chi connectivity index (χ0n) is 36.1. The second-order valence-electron chi connectivity index (χ2n) is 17.5. The third-order valence-electron chi connectivity index (χ3n) is 13.6. The molecule has 14 aromatic rings. The number of aromatic nitrogens is 3. The van der Waals surface area contributed by atoms with Gasteiger partial charge < -0.3 is 4.42 Å². The smallest absolute Gasteiger partial charge is 0.164 e. The predicted octanol–water partition coefficient (Wildman–Crippen LogP) is 17.0. The third-order valence-corrected chi connectivity index (χ3v) is 13.6. The van der Waals surface area contributed by atoms with Crippen molar-refractivity contribution in [3.05, 3.63) is 224 Å². The Morgan fingerprint density at radius 2 is 0.731 bits per heavy atom. The second kappa shape index (κ2) is 14.8. The van der Waals surface area contributed by atoms with E-state index in [1.807, 2.05) is 60.7 Å². The summed E-state index contributed by atoms with van der Waals surface area (Å²) in [7, 11) is 0. The third kappa shape index (κ3) is 6.04. The molecule has 2 aromatic heterocycles. The minimum absolute atomic E-state index is 0.582. The summed E-state index contributed by atoms with van der Waals surface area (Å²) >= 11 is 0. The summed E-state index contributed by atoms with van der Waals surface area (Å²) in [6.45, 7) is 0. The molecule has 2 heterocycles. The van der Waals surface area contributed by atoms with Gasteiger partial charge in [0.25, 0.3) is 0 Å². The Balaban J connectivity index is 0.890. The van der Waals surface area contributed by atoms with E-state index in [4.69, 9.17) is 19.4 Å². The van der Waals surface area contributed by atoms with Gasteiger partial charge >= 0.3 is 0 Å². The average molecular weight is 852 g/mol. The van der Waals surface area contributed by atoms with E-state index in [2.05, 4.69) is 164 Å². The Morgan fingerprint density at radius 1 is 0.254 bits per heavy atom. The van der Waals surface area contributed by atoms with Crippen molar-refractivity contribution < 1.29 is 4.42 Å². The maximum atomic E-state index is 6.36. The lowest BCUT2D eigenvalue weighted by molar-refractivity contribution is 0.631. The molecule has 4 heteroatoms. The fourth-order valence-electron chi connectivity index (χ4n) is 10.5. The SMILES string of the molecule is c1ccc(-c2nc(-c3ccc(-c4cccc(-c5cc6ccc7cccc8c9cccc%10ccc%11cccc(c(c5)c6c78)c%11c%109)c4)cc3)nc(-c3ccccc3-c3cc4ccccc4o3)n2)cc1. The number of rotatable bonds is 6. The lowest BCUT2D eigenvalue weighted by Gasteiger charge is -2.17. The van der Waals surface area contributed by atoms with Gasteiger partial charge in [-0.2, -0.15) is 0 Å². The van der Waals surface area contributed by atoms with Gasteiger partial charge in [-0.15, -0.1) is 0 Å². The van der Waals surface area contributed by atoms with Gasteiger partial charge in [-0.05, 0) is 117 Å². The topological polar surface area (TPSA) is 51.8 Å². The molecule has 0 unspecified atom stereocenters. The molecule has 0 aliphatic heterocycles. The van der Waals surface area contributed by atoms with Crippen molar-refractivity contribution in [1.29, 1.82) is 0 Å². The van der Waals surface area contributed by atoms with Crippen molar-refractivity contribution in [3.63, 3.8) is 0 Å². The van der Waals surface area contributed by atoms with Gasteiger partial charge in [-0.1, -0.05) is 194 Å². The van der Waals surface area contributed by atoms with Crippen LogP contribution in [0.5, 0.6) is 0 Å². The fourth-order valence-corrected chi connectivity index (χ4v) is 10.5. The molecule has 0 bridgehead atoms. The van der Waals surface area contributed by atoms with Crippen LogP contribution in [0.2, 0.25) is 0 Å². The highest BCUT2D eigenvalue weighted by molar-refractivity contribution is 6.37. The first-order valence-electron chi connectivity index (χ1n) is 22.7. The van der Waals surface area contributed by atoms with Crippen molar-refractivity contribution in [2.45, 2.75) is 0 Å². The summed E-state index contributed by atoms with van der Waals surface area (Å²) in [5.41, 5.74) is 9.05. The van der Waals surface area contributed by atoms with Gasteiger partial charge in [0.15, 0.2) is 17.5 Å². The van der Waals surface area contributed by atoms with Crippen molar-refractivity contribution in [2.24, 2.45) is 0 Å². The molecule has 0 N–H and O–H groups in total. The molecule has 0 saturated heterocycles. The Kier molecular flexibility index (Phi) is 8.25. The Bertz CT molecular complexity index is 4230. The first kappa shape index (κ1) is 37.4. The van der Waals surface area contributed by atoms with Crippen molar-refractivity contribution in [3.8, 4) is 67.7 Å². The lowest BCUT2D eigenvalue weighted by atomic mass is 9.86. The van der Waals surface area contributed by atoms with Crippen LogP contribution in [0.1, 0.15) is 0 Å². The lowest BCUT2D eigenvalue weighted by Crippen LogP contribution is -2.01. The Morgan fingerprint density at radius 3 is 1.40 bits per heavy atom. The molecule has 4 nitrogen and oxygen atoms in total. The molecule has 0 radical (unpaired) electrons. The van der Waals surface area contributed by atoms with Crippen LogP contribution in [-0.4, -0.2) is 15.0 Å². The van der Waals surface area contributed by atoms with Crippen LogP contribution < -0.4 is 0 Å². The van der Waals surface area contributed by atoms with Crippen LogP contribution in [0.15, 0.2) is 229 Å². The van der Waals surface area contributed by atoms with Crippen LogP contribution in [0.25, 0.3) is 143 Å². The number of fused-ring (bicyclic) bond motifs is 3. The first-order valence-corrected chi connectivity index (χ1v) is 22.7. The maximum Gasteiger partial charge on any atom is 0.164 e. The van der Waals surface area contributed by atoms with E-state index in [-0.39, 0.29) is 0 Å². The highest BCUT2D eigenvalue weighted by atomic mass is 16.3. The van der Waals surface area contributed by atoms with Crippen LogP contribution in [0, 0.1) is 0 Å². The minimum Gasteiger partial charge on any atom is -0.456 e. The van der Waals surface area contributed by atoms with Crippen molar-refractivity contribution in [2.75, 3.05) is 0 Å². The molecule has 0 amide bonds. The van der Waals surface area contributed by atoms with E-state index in [0.29, 0.717) is 17.5 Å². The molecule has 0 spiro atoms. The average Bonchev–Trinajstić information content (AvgIpc) is 3.84. The Labute approximate surface area is 385 Å². The molecular weight excluding hydrogens is 815 g/mol. The Hall–Kier alpha value is -8.99. The molecule has 0 aliphatic carbocycles. The summed E-state index contributed by atoms with van der Waals surface area (Å²) < 4.78 is 6.36. The molecule has 310 valence electrons. The second-order valence-corrected chi connectivity index (χ2v) is 17.5. The number of para-hydroxylation sites is 1. The largest absolute Gasteiger partial charge is 0.456 e. The van der Waals surface area contributed by atoms with Gasteiger partial charge in [-0.3, -0.25) is 0 Å². The molecular formula is C63H37N3O. The number of hydrogen-bond donors (Lipinski definition) is 0. The summed E-state index contributed by atoms with van der Waals surface area (Å²) in [6, 6.07) is 80.2. The minimum atomic E-state index is 0.582. The van der Waals surface area contributed by atoms with Gasteiger partial charge in [-0.25, -0.2) is 15.0 Å². The van der Waals surface area contributed by atoms with Crippen LogP contribution >= 0.6 is 0 Å². The molecule has 0 saturated carbocycles. The summed E-state index contributed by atoms with van der Waals surface area (Å²) in [5, 5.41) is 16.4. The first-order chi connectivity index (χ1) is 33.2. The molecule has 12 aromatic carbocycles. The molecule has 67 heavy (non-hydrogen) atoms. The van der Waals surface area contributed by atoms with Gasteiger partial charge in [0.1, 0.15) is 11.3 Å². The number of benzene rings is 11. The normalized spacial score (nSPS) is 11.9. The molecule has 0 fully saturated rings. The van der Waals surface area contributed by atoms with Crippen LogP contribution in [0.4, 0.5) is 0 Å². The van der Waals surface area contributed by atoms with E-state index in [0.717, 1.165) is 50.1 Å². The van der Waals surface area contributed by atoms with E-state index in [1.165, 1.54) is 75.8 Å². The predicted molar refractivity (Wildman–Crippen MR) is 278 cm³/mol. The van der Waals surface area contributed by atoms with E-state index >= 15 is 0 Å². The van der Waals surface area contributed by atoms with Crippen LogP contribution in [-0.2, 0) is 0 Å². The van der Waals surface area contributed by atoms with E-state index < -0.39 is 0 Å². The maximum absolute atomic E-state index is 6.36. The molecule has 0 aliphatic rings.